The van der Waals surface area contributed by atoms with Crippen LogP contribution < -0.4 is 5.32 Å². The Balaban J connectivity index is 1.39. The van der Waals surface area contributed by atoms with Crippen LogP contribution in [0, 0.1) is 0 Å². The lowest BCUT2D eigenvalue weighted by molar-refractivity contribution is -0.136. The highest BCUT2D eigenvalue weighted by Gasteiger charge is 2.39. The molecule has 31 heavy (non-hydrogen) atoms. The fourth-order valence-electron chi connectivity index (χ4n) is 3.99. The number of amides is 3. The van der Waals surface area contributed by atoms with Crippen LogP contribution in [0.15, 0.2) is 48.7 Å². The van der Waals surface area contributed by atoms with Gasteiger partial charge in [0.25, 0.3) is 5.91 Å². The van der Waals surface area contributed by atoms with E-state index in [1.165, 1.54) is 4.90 Å². The molecular formula is C22H19N5O4. The van der Waals surface area contributed by atoms with E-state index in [4.69, 9.17) is 0 Å². The molecule has 156 valence electrons. The summed E-state index contributed by atoms with van der Waals surface area (Å²) < 4.78 is 1.59. The largest absolute Gasteiger partial charge is 0.392 e. The number of aliphatic hydroxyl groups excluding tert-OH is 1. The van der Waals surface area contributed by atoms with Crippen molar-refractivity contribution in [1.82, 2.24) is 25.2 Å². The van der Waals surface area contributed by atoms with Crippen LogP contribution in [0.4, 0.5) is 0 Å². The fourth-order valence-corrected chi connectivity index (χ4v) is 3.99. The summed E-state index contributed by atoms with van der Waals surface area (Å²) in [6.07, 6.45) is 2.33. The molecule has 1 fully saturated rings. The number of rotatable bonds is 4. The molecule has 9 nitrogen and oxygen atoms in total. The van der Waals surface area contributed by atoms with Crippen LogP contribution in [0.1, 0.15) is 34.3 Å². The van der Waals surface area contributed by atoms with Gasteiger partial charge in [0.2, 0.25) is 11.8 Å². The van der Waals surface area contributed by atoms with Crippen LogP contribution in [-0.4, -0.2) is 48.8 Å². The Morgan fingerprint density at radius 3 is 2.65 bits per heavy atom. The minimum Gasteiger partial charge on any atom is -0.392 e. The average Bonchev–Trinajstić information content (AvgIpc) is 3.39. The van der Waals surface area contributed by atoms with E-state index in [2.05, 4.69) is 15.6 Å². The van der Waals surface area contributed by atoms with Crippen molar-refractivity contribution in [2.75, 3.05) is 0 Å². The number of nitrogens with zero attached hydrogens (tertiary/aromatic N) is 4. The van der Waals surface area contributed by atoms with Crippen molar-refractivity contribution in [3.05, 3.63) is 65.4 Å². The molecule has 3 aromatic rings. The van der Waals surface area contributed by atoms with Gasteiger partial charge in [-0.1, -0.05) is 35.5 Å². The van der Waals surface area contributed by atoms with Crippen molar-refractivity contribution in [1.29, 1.82) is 0 Å². The lowest BCUT2D eigenvalue weighted by Crippen LogP contribution is -2.52. The number of hydrogen-bond acceptors (Lipinski definition) is 6. The molecule has 2 aliphatic heterocycles. The van der Waals surface area contributed by atoms with E-state index < -0.39 is 11.9 Å². The molecule has 1 aromatic heterocycles. The van der Waals surface area contributed by atoms with Crippen molar-refractivity contribution < 1.29 is 19.5 Å². The van der Waals surface area contributed by atoms with Gasteiger partial charge in [-0.25, -0.2) is 4.68 Å². The van der Waals surface area contributed by atoms with Crippen LogP contribution in [0.2, 0.25) is 0 Å². The molecule has 0 spiro atoms. The van der Waals surface area contributed by atoms with Gasteiger partial charge in [-0.2, -0.15) is 0 Å². The summed E-state index contributed by atoms with van der Waals surface area (Å²) in [5.41, 5.74) is 4.38. The van der Waals surface area contributed by atoms with Crippen LogP contribution >= 0.6 is 0 Å². The van der Waals surface area contributed by atoms with E-state index in [9.17, 15) is 19.5 Å². The van der Waals surface area contributed by atoms with E-state index in [0.29, 0.717) is 29.9 Å². The third-order valence-electron chi connectivity index (χ3n) is 5.70. The van der Waals surface area contributed by atoms with E-state index in [1.54, 1.807) is 16.9 Å². The number of aromatic nitrogens is 3. The molecular weight excluding hydrogens is 398 g/mol. The average molecular weight is 417 g/mol. The van der Waals surface area contributed by atoms with E-state index >= 15 is 0 Å². The number of carbonyl (C=O) groups is 3. The first-order valence-electron chi connectivity index (χ1n) is 9.94. The Labute approximate surface area is 177 Å². The second-order valence-electron chi connectivity index (χ2n) is 7.64. The maximum Gasteiger partial charge on any atom is 0.255 e. The van der Waals surface area contributed by atoms with Gasteiger partial charge in [0, 0.05) is 24.1 Å². The molecule has 2 aliphatic rings. The molecule has 3 amide bonds. The van der Waals surface area contributed by atoms with Crippen LogP contribution in [0.3, 0.4) is 0 Å². The number of piperidine rings is 1. The van der Waals surface area contributed by atoms with Gasteiger partial charge < -0.3 is 10.0 Å². The molecule has 1 saturated heterocycles. The topological polar surface area (TPSA) is 117 Å². The van der Waals surface area contributed by atoms with Crippen LogP contribution in [-0.2, 0) is 22.7 Å². The third kappa shape index (κ3) is 3.38. The summed E-state index contributed by atoms with van der Waals surface area (Å²) in [5, 5.41) is 19.9. The van der Waals surface area contributed by atoms with Crippen molar-refractivity contribution in [2.45, 2.75) is 32.0 Å². The minimum absolute atomic E-state index is 0.0219. The molecule has 0 radical (unpaired) electrons. The summed E-state index contributed by atoms with van der Waals surface area (Å²) >= 11 is 0. The number of carbonyl (C=O) groups excluding carboxylic acids is 3. The molecule has 0 bridgehead atoms. The lowest BCUT2D eigenvalue weighted by atomic mass is 10.0. The highest BCUT2D eigenvalue weighted by atomic mass is 16.3. The maximum absolute atomic E-state index is 13.0. The van der Waals surface area contributed by atoms with Crippen molar-refractivity contribution in [3.63, 3.8) is 0 Å². The first-order chi connectivity index (χ1) is 15.0. The smallest absolute Gasteiger partial charge is 0.255 e. The maximum atomic E-state index is 13.0. The summed E-state index contributed by atoms with van der Waals surface area (Å²) in [4.78, 5) is 38.1. The van der Waals surface area contributed by atoms with Crippen molar-refractivity contribution >= 4 is 17.7 Å². The van der Waals surface area contributed by atoms with Gasteiger partial charge in [0.15, 0.2) is 0 Å². The summed E-state index contributed by atoms with van der Waals surface area (Å²) in [6, 6.07) is 12.2. The second kappa shape index (κ2) is 7.44. The number of fused-ring (bicyclic) bond motifs is 1. The molecule has 3 heterocycles. The zero-order valence-electron chi connectivity index (χ0n) is 16.5. The standard InChI is InChI=1S/C22H19N5O4/c28-12-13-1-3-14(4-2-13)18-11-27(25-24-18)16-6-5-15-10-26(22(31)17(15)9-16)19-7-8-20(29)23-21(19)30/h1-6,9,11,19,28H,7-8,10,12H2,(H,23,29,30). The SMILES string of the molecule is O=C1CCC(N2Cc3ccc(-n4cc(-c5ccc(CO)cc5)nn4)cc3C2=O)C(=O)N1. The van der Waals surface area contributed by atoms with Crippen LogP contribution in [0.5, 0.6) is 0 Å². The van der Waals surface area contributed by atoms with Gasteiger partial charge >= 0.3 is 0 Å². The molecule has 0 aliphatic carbocycles. The summed E-state index contributed by atoms with van der Waals surface area (Å²) in [6.45, 7) is 0.312. The number of benzene rings is 2. The summed E-state index contributed by atoms with van der Waals surface area (Å²) in [7, 11) is 0. The Bertz CT molecular complexity index is 1200. The minimum atomic E-state index is -0.638. The lowest BCUT2D eigenvalue weighted by Gasteiger charge is -2.29. The first kappa shape index (κ1) is 19.1. The first-order valence-corrected chi connectivity index (χ1v) is 9.94. The molecule has 9 heteroatoms. The molecule has 1 atom stereocenters. The number of nitrogens with one attached hydrogen (secondary N) is 1. The zero-order valence-corrected chi connectivity index (χ0v) is 16.5. The van der Waals surface area contributed by atoms with E-state index in [-0.39, 0.29) is 24.8 Å². The molecule has 2 aromatic carbocycles. The Hall–Kier alpha value is -3.85. The number of aliphatic hydroxyl groups is 1. The fraction of sp³-hybridized carbons (Fsp3) is 0.227. The van der Waals surface area contributed by atoms with Gasteiger partial charge in [-0.05, 0) is 29.7 Å². The quantitative estimate of drug-likeness (QED) is 0.616. The highest BCUT2D eigenvalue weighted by Crippen LogP contribution is 2.29. The Kier molecular flexibility index (Phi) is 4.59. The van der Waals surface area contributed by atoms with Crippen molar-refractivity contribution in [3.8, 4) is 16.9 Å². The predicted octanol–water partition coefficient (Wildman–Crippen LogP) is 1.19. The Morgan fingerprint density at radius 1 is 1.10 bits per heavy atom. The number of hydrogen-bond donors (Lipinski definition) is 2. The summed E-state index contributed by atoms with van der Waals surface area (Å²) in [5.74, 6) is -0.960. The Morgan fingerprint density at radius 2 is 1.90 bits per heavy atom. The number of imide groups is 1. The predicted molar refractivity (Wildman–Crippen MR) is 109 cm³/mol. The van der Waals surface area contributed by atoms with Gasteiger partial charge in [-0.3, -0.25) is 19.7 Å². The molecule has 2 N–H and O–H groups in total. The van der Waals surface area contributed by atoms with Crippen molar-refractivity contribution in [2.24, 2.45) is 0 Å². The highest BCUT2D eigenvalue weighted by molar-refractivity contribution is 6.05. The van der Waals surface area contributed by atoms with E-state index in [1.807, 2.05) is 36.4 Å². The van der Waals surface area contributed by atoms with Gasteiger partial charge in [0.05, 0.1) is 18.5 Å². The zero-order chi connectivity index (χ0) is 21.5. The van der Waals surface area contributed by atoms with E-state index in [0.717, 1.165) is 16.7 Å². The van der Waals surface area contributed by atoms with Gasteiger partial charge in [0.1, 0.15) is 11.7 Å². The third-order valence-corrected chi connectivity index (χ3v) is 5.70. The molecule has 5 rings (SSSR count). The van der Waals surface area contributed by atoms with Crippen LogP contribution in [0.25, 0.3) is 16.9 Å². The van der Waals surface area contributed by atoms with Gasteiger partial charge in [-0.15, -0.1) is 5.10 Å². The monoisotopic (exact) mass is 417 g/mol. The molecule has 0 saturated carbocycles. The molecule has 1 unspecified atom stereocenters. The second-order valence-corrected chi connectivity index (χ2v) is 7.64. The normalized spacial score (nSPS) is 18.3.